The van der Waals surface area contributed by atoms with Crippen molar-refractivity contribution in [3.05, 3.63) is 60.2 Å². The zero-order chi connectivity index (χ0) is 20.9. The highest BCUT2D eigenvalue weighted by Crippen LogP contribution is 2.30. The average molecular weight is 425 g/mol. The molecule has 2 aromatic carbocycles. The molecule has 28 heavy (non-hydrogen) atoms. The zero-order valence-corrected chi connectivity index (χ0v) is 18.3. The molecule has 0 bridgehead atoms. The van der Waals surface area contributed by atoms with E-state index in [0.717, 1.165) is 5.56 Å². The Hall–Kier alpha value is -1.90. The first-order valence-electron chi connectivity index (χ1n) is 9.22. The van der Waals surface area contributed by atoms with Crippen LogP contribution in [0.25, 0.3) is 0 Å². The van der Waals surface area contributed by atoms with Gasteiger partial charge in [-0.1, -0.05) is 30.3 Å². The Morgan fingerprint density at radius 3 is 1.82 bits per heavy atom. The Bertz CT molecular complexity index is 969. The van der Waals surface area contributed by atoms with Gasteiger partial charge in [-0.05, 0) is 63.9 Å². The summed E-state index contributed by atoms with van der Waals surface area (Å²) in [5, 5.41) is -1.05. The van der Waals surface area contributed by atoms with Crippen LogP contribution in [0.15, 0.2) is 54.6 Å². The quantitative estimate of drug-likeness (QED) is 0.668. The number of benzene rings is 2. The third kappa shape index (κ3) is 5.33. The minimum Gasteiger partial charge on any atom is -0.238 e. The van der Waals surface area contributed by atoms with Crippen LogP contribution in [0.3, 0.4) is 0 Å². The van der Waals surface area contributed by atoms with Crippen LogP contribution in [-0.4, -0.2) is 33.9 Å². The molecule has 154 valence electrons. The van der Waals surface area contributed by atoms with Crippen molar-refractivity contribution in [3.8, 4) is 0 Å². The number of nitrogens with one attached hydrogen (secondary N) is 1. The van der Waals surface area contributed by atoms with Crippen molar-refractivity contribution in [2.75, 3.05) is 10.8 Å². The summed E-state index contributed by atoms with van der Waals surface area (Å²) in [4.78, 5) is 0. The monoisotopic (exact) mass is 424 g/mol. The van der Waals surface area contributed by atoms with Gasteiger partial charge in [0.05, 0.1) is 21.9 Å². The first-order chi connectivity index (χ1) is 13.1. The smallest absolute Gasteiger partial charge is 0.238 e. The van der Waals surface area contributed by atoms with E-state index < -0.39 is 30.5 Å². The molecule has 0 saturated heterocycles. The van der Waals surface area contributed by atoms with E-state index in [1.165, 1.54) is 4.31 Å². The molecular formula is C20H28N2O4S2. The number of sulfonamides is 2. The Morgan fingerprint density at radius 1 is 0.786 bits per heavy atom. The molecule has 2 rings (SSSR count). The number of para-hydroxylation sites is 1. The summed E-state index contributed by atoms with van der Waals surface area (Å²) in [6, 6.07) is 16.1. The number of hydrogen-bond donors (Lipinski definition) is 1. The maximum atomic E-state index is 12.9. The second kappa shape index (κ2) is 9.07. The molecule has 0 atom stereocenters. The largest absolute Gasteiger partial charge is 0.241 e. The molecule has 0 aromatic heterocycles. The van der Waals surface area contributed by atoms with Crippen LogP contribution >= 0.6 is 0 Å². The van der Waals surface area contributed by atoms with Crippen molar-refractivity contribution >= 4 is 31.4 Å². The lowest BCUT2D eigenvalue weighted by Crippen LogP contribution is -2.33. The van der Waals surface area contributed by atoms with Crippen LogP contribution < -0.4 is 9.03 Å². The van der Waals surface area contributed by atoms with Crippen LogP contribution in [0, 0.1) is 0 Å². The molecule has 0 fully saturated rings. The van der Waals surface area contributed by atoms with Gasteiger partial charge < -0.3 is 0 Å². The van der Waals surface area contributed by atoms with E-state index in [9.17, 15) is 16.8 Å². The van der Waals surface area contributed by atoms with Gasteiger partial charge in [0.15, 0.2) is 0 Å². The Morgan fingerprint density at radius 2 is 1.32 bits per heavy atom. The van der Waals surface area contributed by atoms with Crippen LogP contribution in [0.1, 0.15) is 33.3 Å². The van der Waals surface area contributed by atoms with Crippen LogP contribution in [0.2, 0.25) is 0 Å². The molecule has 0 unspecified atom stereocenters. The van der Waals surface area contributed by atoms with Crippen molar-refractivity contribution in [1.82, 2.24) is 4.72 Å². The minimum atomic E-state index is -3.56. The topological polar surface area (TPSA) is 83.6 Å². The summed E-state index contributed by atoms with van der Waals surface area (Å²) in [7, 11) is -6.85. The van der Waals surface area contributed by atoms with Gasteiger partial charge in [0.2, 0.25) is 20.0 Å². The molecule has 0 aliphatic rings. The van der Waals surface area contributed by atoms with E-state index in [4.69, 9.17) is 0 Å². The Balaban J connectivity index is 2.23. The van der Waals surface area contributed by atoms with Gasteiger partial charge >= 0.3 is 0 Å². The van der Waals surface area contributed by atoms with Gasteiger partial charge in [0.1, 0.15) is 0 Å². The molecule has 0 spiro atoms. The zero-order valence-electron chi connectivity index (χ0n) is 16.7. The normalized spacial score (nSPS) is 12.5. The second-order valence-corrected chi connectivity index (χ2v) is 11.8. The summed E-state index contributed by atoms with van der Waals surface area (Å²) in [6.07, 6.45) is 0.522. The molecule has 0 amide bonds. The lowest BCUT2D eigenvalue weighted by atomic mass is 10.1. The van der Waals surface area contributed by atoms with E-state index in [2.05, 4.69) is 4.72 Å². The fourth-order valence-electron chi connectivity index (χ4n) is 2.52. The molecular weight excluding hydrogens is 396 g/mol. The predicted octanol–water partition coefficient (Wildman–Crippen LogP) is 3.43. The highest BCUT2D eigenvalue weighted by atomic mass is 32.2. The van der Waals surface area contributed by atoms with Gasteiger partial charge in [0.25, 0.3) is 0 Å². The molecule has 0 aliphatic carbocycles. The molecule has 0 saturated carbocycles. The van der Waals surface area contributed by atoms with Crippen LogP contribution in [0.5, 0.6) is 0 Å². The average Bonchev–Trinajstić information content (AvgIpc) is 2.63. The third-order valence-electron chi connectivity index (χ3n) is 4.35. The maximum absolute atomic E-state index is 12.9. The molecule has 8 heteroatoms. The third-order valence-corrected chi connectivity index (χ3v) is 8.32. The Labute approximate surface area is 168 Å². The lowest BCUT2D eigenvalue weighted by molar-refractivity contribution is 0.572. The highest BCUT2D eigenvalue weighted by molar-refractivity contribution is 7.93. The Kier molecular flexibility index (Phi) is 7.25. The standard InChI is InChI=1S/C20H28N2O4S2/c1-16(2)27(23,24)21-15-14-18-10-12-20(13-11-18)22(28(25,26)17(3)4)19-8-6-5-7-9-19/h5-13,16-17,21H,14-15H2,1-4H3. The summed E-state index contributed by atoms with van der Waals surface area (Å²) in [5.74, 6) is 0. The summed E-state index contributed by atoms with van der Waals surface area (Å²) >= 11 is 0. The van der Waals surface area contributed by atoms with E-state index >= 15 is 0 Å². The fraction of sp³-hybridized carbons (Fsp3) is 0.400. The predicted molar refractivity (Wildman–Crippen MR) is 115 cm³/mol. The van der Waals surface area contributed by atoms with Crippen LogP contribution in [-0.2, 0) is 26.5 Å². The fourth-order valence-corrected chi connectivity index (χ4v) is 4.49. The minimum absolute atomic E-state index is 0.298. The summed E-state index contributed by atoms with van der Waals surface area (Å²) in [6.45, 7) is 6.86. The maximum Gasteiger partial charge on any atom is 0.241 e. The van der Waals surface area contributed by atoms with Crippen molar-refractivity contribution in [1.29, 1.82) is 0 Å². The molecule has 0 aliphatic heterocycles. The van der Waals surface area contributed by atoms with E-state index in [0.29, 0.717) is 24.3 Å². The van der Waals surface area contributed by atoms with Crippen molar-refractivity contribution < 1.29 is 16.8 Å². The van der Waals surface area contributed by atoms with Crippen molar-refractivity contribution in [3.63, 3.8) is 0 Å². The van der Waals surface area contributed by atoms with Gasteiger partial charge in [0, 0.05) is 6.54 Å². The highest BCUT2D eigenvalue weighted by Gasteiger charge is 2.27. The first kappa shape index (κ1) is 22.4. The van der Waals surface area contributed by atoms with Gasteiger partial charge in [-0.25, -0.2) is 25.9 Å². The van der Waals surface area contributed by atoms with Crippen molar-refractivity contribution in [2.24, 2.45) is 0 Å². The molecule has 0 heterocycles. The number of nitrogens with zero attached hydrogens (tertiary/aromatic N) is 1. The lowest BCUT2D eigenvalue weighted by Gasteiger charge is -2.26. The molecule has 1 N–H and O–H groups in total. The second-order valence-electron chi connectivity index (χ2n) is 7.10. The summed E-state index contributed by atoms with van der Waals surface area (Å²) < 4.78 is 53.4. The van der Waals surface area contributed by atoms with Crippen molar-refractivity contribution in [2.45, 2.75) is 44.6 Å². The van der Waals surface area contributed by atoms with E-state index in [1.807, 2.05) is 18.2 Å². The summed E-state index contributed by atoms with van der Waals surface area (Å²) in [5.41, 5.74) is 2.05. The molecule has 0 radical (unpaired) electrons. The van der Waals surface area contributed by atoms with Crippen LogP contribution in [0.4, 0.5) is 11.4 Å². The number of anilines is 2. The SMILES string of the molecule is CC(C)S(=O)(=O)NCCc1ccc(N(c2ccccc2)S(=O)(=O)C(C)C)cc1. The molecule has 2 aromatic rings. The number of rotatable bonds is 9. The van der Waals surface area contributed by atoms with Gasteiger partial charge in [-0.2, -0.15) is 0 Å². The van der Waals surface area contributed by atoms with E-state index in [1.54, 1.807) is 64.1 Å². The number of hydrogen-bond acceptors (Lipinski definition) is 4. The van der Waals surface area contributed by atoms with E-state index in [-0.39, 0.29) is 0 Å². The van der Waals surface area contributed by atoms with Gasteiger partial charge in [-0.15, -0.1) is 0 Å². The molecule has 6 nitrogen and oxygen atoms in total. The van der Waals surface area contributed by atoms with Gasteiger partial charge in [-0.3, -0.25) is 0 Å². The first-order valence-corrected chi connectivity index (χ1v) is 12.3.